The van der Waals surface area contributed by atoms with Gasteiger partial charge in [-0.2, -0.15) is 0 Å². The summed E-state index contributed by atoms with van der Waals surface area (Å²) in [6.45, 7) is 3.95. The zero-order valence-electron chi connectivity index (χ0n) is 9.69. The molecule has 1 atom stereocenters. The molecule has 0 amide bonds. The molecule has 0 aromatic carbocycles. The van der Waals surface area contributed by atoms with E-state index in [1.807, 2.05) is 6.92 Å². The van der Waals surface area contributed by atoms with Crippen LogP contribution in [0.1, 0.15) is 25.5 Å². The fraction of sp³-hybridized carbons (Fsp3) is 0.583. The molecule has 1 aromatic heterocycles. The number of aromatic nitrogens is 1. The van der Waals surface area contributed by atoms with Crippen LogP contribution in [0.25, 0.3) is 0 Å². The Morgan fingerprint density at radius 2 is 2.25 bits per heavy atom. The number of hydrogen-bond acceptors (Lipinski definition) is 4. The lowest BCUT2D eigenvalue weighted by Gasteiger charge is -2.08. The number of pyridine rings is 1. The van der Waals surface area contributed by atoms with Gasteiger partial charge in [0, 0.05) is 13.2 Å². The van der Waals surface area contributed by atoms with Crippen LogP contribution in [0.5, 0.6) is 5.75 Å². The van der Waals surface area contributed by atoms with Crippen molar-refractivity contribution in [1.29, 1.82) is 0 Å². The van der Waals surface area contributed by atoms with Gasteiger partial charge in [0.1, 0.15) is 5.75 Å². The van der Waals surface area contributed by atoms with Crippen LogP contribution in [-0.2, 0) is 6.54 Å². The molecular weight excluding hydrogens is 204 g/mol. The Bertz CT molecular complexity index is 288. The average Bonchev–Trinajstić information content (AvgIpc) is 2.31. The summed E-state index contributed by atoms with van der Waals surface area (Å²) in [6, 6.07) is 3.44. The molecule has 0 fully saturated rings. The first-order chi connectivity index (χ1) is 7.72. The van der Waals surface area contributed by atoms with Crippen LogP contribution >= 0.6 is 0 Å². The summed E-state index contributed by atoms with van der Waals surface area (Å²) < 4.78 is 0. The zero-order valence-corrected chi connectivity index (χ0v) is 9.69. The van der Waals surface area contributed by atoms with Crippen LogP contribution in [0.15, 0.2) is 18.3 Å². The summed E-state index contributed by atoms with van der Waals surface area (Å²) in [7, 11) is 0. The minimum atomic E-state index is 0.195. The zero-order chi connectivity index (χ0) is 11.8. The number of nitrogens with zero attached hydrogens (tertiary/aromatic N) is 1. The standard InChI is InChI=1S/C12H20N2O2/c1-10(9-15)3-2-6-13-7-11-4-5-12(16)8-14-11/h4-5,8,10,13,15-16H,2-3,6-7,9H2,1H3. The molecule has 0 saturated carbocycles. The van der Waals surface area contributed by atoms with Crippen LogP contribution in [0, 0.1) is 5.92 Å². The molecule has 4 heteroatoms. The van der Waals surface area contributed by atoms with E-state index in [4.69, 9.17) is 10.2 Å². The maximum Gasteiger partial charge on any atom is 0.133 e. The van der Waals surface area contributed by atoms with E-state index < -0.39 is 0 Å². The number of aliphatic hydroxyl groups is 1. The predicted molar refractivity (Wildman–Crippen MR) is 63.1 cm³/mol. The van der Waals surface area contributed by atoms with Gasteiger partial charge in [0.05, 0.1) is 11.9 Å². The van der Waals surface area contributed by atoms with E-state index in [1.165, 1.54) is 6.20 Å². The maximum atomic E-state index is 9.05. The fourth-order valence-corrected chi connectivity index (χ4v) is 1.40. The SMILES string of the molecule is CC(CO)CCCNCc1ccc(O)cn1. The van der Waals surface area contributed by atoms with Crippen molar-refractivity contribution < 1.29 is 10.2 Å². The first kappa shape index (κ1) is 12.9. The molecule has 16 heavy (non-hydrogen) atoms. The molecule has 1 heterocycles. The highest BCUT2D eigenvalue weighted by molar-refractivity contribution is 5.17. The topological polar surface area (TPSA) is 65.4 Å². The van der Waals surface area contributed by atoms with Gasteiger partial charge in [-0.15, -0.1) is 0 Å². The lowest BCUT2D eigenvalue weighted by Crippen LogP contribution is -2.16. The Morgan fingerprint density at radius 1 is 1.44 bits per heavy atom. The summed E-state index contributed by atoms with van der Waals surface area (Å²) in [6.07, 6.45) is 3.54. The minimum Gasteiger partial charge on any atom is -0.506 e. The van der Waals surface area contributed by atoms with Gasteiger partial charge in [-0.3, -0.25) is 4.98 Å². The van der Waals surface area contributed by atoms with Crippen LogP contribution in [0.3, 0.4) is 0 Å². The lowest BCUT2D eigenvalue weighted by atomic mass is 10.1. The molecule has 0 aliphatic carbocycles. The van der Waals surface area contributed by atoms with Gasteiger partial charge in [0.25, 0.3) is 0 Å². The third kappa shape index (κ3) is 5.09. The number of nitrogens with one attached hydrogen (secondary N) is 1. The predicted octanol–water partition coefficient (Wildman–Crippen LogP) is 1.29. The Kier molecular flexibility index (Phi) is 5.82. The van der Waals surface area contributed by atoms with Gasteiger partial charge < -0.3 is 15.5 Å². The highest BCUT2D eigenvalue weighted by Crippen LogP contribution is 2.06. The summed E-state index contributed by atoms with van der Waals surface area (Å²) >= 11 is 0. The largest absolute Gasteiger partial charge is 0.506 e. The number of rotatable bonds is 7. The Labute approximate surface area is 96.3 Å². The molecular formula is C12H20N2O2. The first-order valence-corrected chi connectivity index (χ1v) is 5.68. The molecule has 1 aromatic rings. The monoisotopic (exact) mass is 224 g/mol. The van der Waals surface area contributed by atoms with Crippen molar-refractivity contribution in [2.75, 3.05) is 13.2 Å². The van der Waals surface area contributed by atoms with Crippen molar-refractivity contribution in [1.82, 2.24) is 10.3 Å². The minimum absolute atomic E-state index is 0.195. The highest BCUT2D eigenvalue weighted by atomic mass is 16.3. The van der Waals surface area contributed by atoms with Gasteiger partial charge in [0.2, 0.25) is 0 Å². The van der Waals surface area contributed by atoms with Crippen LogP contribution in [-0.4, -0.2) is 28.3 Å². The normalized spacial score (nSPS) is 12.6. The quantitative estimate of drug-likeness (QED) is 0.610. The van der Waals surface area contributed by atoms with E-state index in [0.29, 0.717) is 12.5 Å². The average molecular weight is 224 g/mol. The van der Waals surface area contributed by atoms with Crippen molar-refractivity contribution in [2.45, 2.75) is 26.3 Å². The fourth-order valence-electron chi connectivity index (χ4n) is 1.40. The number of aliphatic hydroxyl groups excluding tert-OH is 1. The Hall–Kier alpha value is -1.13. The summed E-state index contributed by atoms with van der Waals surface area (Å²) in [4.78, 5) is 4.07. The van der Waals surface area contributed by atoms with Gasteiger partial charge in [-0.25, -0.2) is 0 Å². The summed E-state index contributed by atoms with van der Waals surface area (Å²) in [5.41, 5.74) is 0.924. The van der Waals surface area contributed by atoms with Crippen LogP contribution in [0.2, 0.25) is 0 Å². The third-order valence-electron chi connectivity index (χ3n) is 2.48. The molecule has 90 valence electrons. The molecule has 1 rings (SSSR count). The van der Waals surface area contributed by atoms with Crippen molar-refractivity contribution in [3.05, 3.63) is 24.0 Å². The molecule has 0 aliphatic heterocycles. The van der Waals surface area contributed by atoms with E-state index in [1.54, 1.807) is 12.1 Å². The molecule has 1 unspecified atom stereocenters. The second kappa shape index (κ2) is 7.19. The van der Waals surface area contributed by atoms with Crippen LogP contribution < -0.4 is 5.32 Å². The molecule has 0 radical (unpaired) electrons. The van der Waals surface area contributed by atoms with Gasteiger partial charge in [-0.05, 0) is 37.4 Å². The Morgan fingerprint density at radius 3 is 2.88 bits per heavy atom. The van der Waals surface area contributed by atoms with E-state index in [9.17, 15) is 0 Å². The number of aromatic hydroxyl groups is 1. The second-order valence-electron chi connectivity index (χ2n) is 4.11. The smallest absolute Gasteiger partial charge is 0.133 e. The van der Waals surface area contributed by atoms with Gasteiger partial charge >= 0.3 is 0 Å². The van der Waals surface area contributed by atoms with Crippen molar-refractivity contribution >= 4 is 0 Å². The van der Waals surface area contributed by atoms with Crippen LogP contribution in [0.4, 0.5) is 0 Å². The van der Waals surface area contributed by atoms with Crippen molar-refractivity contribution in [3.63, 3.8) is 0 Å². The molecule has 0 bridgehead atoms. The number of hydrogen-bond donors (Lipinski definition) is 3. The summed E-state index contributed by atoms with van der Waals surface area (Å²) in [5.74, 6) is 0.578. The molecule has 0 aliphatic rings. The van der Waals surface area contributed by atoms with Gasteiger partial charge in [0.15, 0.2) is 0 Å². The maximum absolute atomic E-state index is 9.05. The van der Waals surface area contributed by atoms with E-state index in [0.717, 1.165) is 25.1 Å². The highest BCUT2D eigenvalue weighted by Gasteiger charge is 1.99. The molecule has 4 nitrogen and oxygen atoms in total. The van der Waals surface area contributed by atoms with Crippen molar-refractivity contribution in [3.8, 4) is 5.75 Å². The van der Waals surface area contributed by atoms with Crippen molar-refractivity contribution in [2.24, 2.45) is 5.92 Å². The Balaban J connectivity index is 2.09. The first-order valence-electron chi connectivity index (χ1n) is 5.68. The summed E-state index contributed by atoms with van der Waals surface area (Å²) in [5, 5.41) is 21.2. The molecule has 0 spiro atoms. The second-order valence-corrected chi connectivity index (χ2v) is 4.11. The van der Waals surface area contributed by atoms with E-state index >= 15 is 0 Å². The van der Waals surface area contributed by atoms with E-state index in [2.05, 4.69) is 10.3 Å². The van der Waals surface area contributed by atoms with Gasteiger partial charge in [-0.1, -0.05) is 6.92 Å². The third-order valence-corrected chi connectivity index (χ3v) is 2.48. The van der Waals surface area contributed by atoms with E-state index in [-0.39, 0.29) is 12.4 Å². The molecule has 0 saturated heterocycles. The molecule has 3 N–H and O–H groups in total. The lowest BCUT2D eigenvalue weighted by molar-refractivity contribution is 0.228.